The van der Waals surface area contributed by atoms with Gasteiger partial charge in [-0.05, 0) is 12.1 Å². The van der Waals surface area contributed by atoms with Gasteiger partial charge in [0, 0.05) is 13.2 Å². The SMILES string of the molecule is CON(C)C(=O)c1ncccc1N. The Labute approximate surface area is 76.1 Å². The third kappa shape index (κ3) is 1.94. The molecule has 0 atom stereocenters. The van der Waals surface area contributed by atoms with E-state index in [-0.39, 0.29) is 11.6 Å². The van der Waals surface area contributed by atoms with Gasteiger partial charge in [-0.3, -0.25) is 9.63 Å². The van der Waals surface area contributed by atoms with E-state index in [2.05, 4.69) is 4.98 Å². The van der Waals surface area contributed by atoms with Gasteiger partial charge in [0.15, 0.2) is 5.69 Å². The summed E-state index contributed by atoms with van der Waals surface area (Å²) < 4.78 is 0. The van der Waals surface area contributed by atoms with E-state index in [0.29, 0.717) is 5.69 Å². The molecule has 0 aliphatic rings. The summed E-state index contributed by atoms with van der Waals surface area (Å²) in [5.41, 5.74) is 6.09. The molecule has 1 heterocycles. The molecule has 0 saturated heterocycles. The zero-order valence-electron chi connectivity index (χ0n) is 7.52. The largest absolute Gasteiger partial charge is 0.397 e. The van der Waals surface area contributed by atoms with Crippen LogP contribution in [0.1, 0.15) is 10.5 Å². The van der Waals surface area contributed by atoms with Crippen LogP contribution in [-0.4, -0.2) is 30.1 Å². The van der Waals surface area contributed by atoms with Gasteiger partial charge in [0.2, 0.25) is 0 Å². The summed E-state index contributed by atoms with van der Waals surface area (Å²) in [5, 5.41) is 1.07. The van der Waals surface area contributed by atoms with E-state index < -0.39 is 0 Å². The molecule has 2 N–H and O–H groups in total. The Morgan fingerprint density at radius 1 is 1.69 bits per heavy atom. The monoisotopic (exact) mass is 181 g/mol. The number of carbonyl (C=O) groups is 1. The molecule has 0 unspecified atom stereocenters. The van der Waals surface area contributed by atoms with Crippen LogP contribution in [-0.2, 0) is 4.84 Å². The molecule has 1 amide bonds. The molecule has 0 bridgehead atoms. The van der Waals surface area contributed by atoms with Crippen molar-refractivity contribution in [2.24, 2.45) is 0 Å². The summed E-state index contributed by atoms with van der Waals surface area (Å²) in [5.74, 6) is -0.361. The third-order valence-corrected chi connectivity index (χ3v) is 1.60. The molecule has 13 heavy (non-hydrogen) atoms. The van der Waals surface area contributed by atoms with E-state index >= 15 is 0 Å². The number of nitrogens with zero attached hydrogens (tertiary/aromatic N) is 2. The quantitative estimate of drug-likeness (QED) is 0.666. The van der Waals surface area contributed by atoms with Crippen molar-refractivity contribution < 1.29 is 9.63 Å². The van der Waals surface area contributed by atoms with Crippen LogP contribution < -0.4 is 5.73 Å². The fourth-order valence-corrected chi connectivity index (χ4v) is 0.828. The minimum atomic E-state index is -0.361. The molecule has 0 fully saturated rings. The second-order valence-corrected chi connectivity index (χ2v) is 2.43. The van der Waals surface area contributed by atoms with E-state index in [1.54, 1.807) is 12.1 Å². The highest BCUT2D eigenvalue weighted by Gasteiger charge is 2.14. The van der Waals surface area contributed by atoms with Crippen molar-refractivity contribution in [2.45, 2.75) is 0 Å². The third-order valence-electron chi connectivity index (χ3n) is 1.60. The second-order valence-electron chi connectivity index (χ2n) is 2.43. The van der Waals surface area contributed by atoms with E-state index in [1.165, 1.54) is 20.4 Å². The summed E-state index contributed by atoms with van der Waals surface area (Å²) in [4.78, 5) is 20.0. The fraction of sp³-hybridized carbons (Fsp3) is 0.250. The molecule has 0 aromatic carbocycles. The average Bonchev–Trinajstić information content (AvgIpc) is 2.16. The highest BCUT2D eigenvalue weighted by molar-refractivity contribution is 5.96. The Morgan fingerprint density at radius 3 is 2.92 bits per heavy atom. The molecule has 5 heteroatoms. The van der Waals surface area contributed by atoms with E-state index in [1.807, 2.05) is 0 Å². The lowest BCUT2D eigenvalue weighted by atomic mass is 10.3. The first-order valence-electron chi connectivity index (χ1n) is 3.69. The van der Waals surface area contributed by atoms with Gasteiger partial charge < -0.3 is 5.73 Å². The maximum absolute atomic E-state index is 11.5. The molecule has 0 radical (unpaired) electrons. The number of nitrogen functional groups attached to an aromatic ring is 1. The van der Waals surface area contributed by atoms with Crippen molar-refractivity contribution in [2.75, 3.05) is 19.9 Å². The lowest BCUT2D eigenvalue weighted by molar-refractivity contribution is -0.0759. The van der Waals surface area contributed by atoms with Crippen LogP contribution in [0.3, 0.4) is 0 Å². The number of hydrogen-bond acceptors (Lipinski definition) is 4. The summed E-state index contributed by atoms with van der Waals surface area (Å²) in [6.45, 7) is 0. The Kier molecular flexibility index (Phi) is 2.81. The number of aromatic nitrogens is 1. The first-order chi connectivity index (χ1) is 6.16. The van der Waals surface area contributed by atoms with Gasteiger partial charge in [0.05, 0.1) is 12.8 Å². The normalized spacial score (nSPS) is 9.69. The Hall–Kier alpha value is -1.62. The maximum atomic E-state index is 11.5. The van der Waals surface area contributed by atoms with Crippen molar-refractivity contribution in [3.63, 3.8) is 0 Å². The number of carbonyl (C=O) groups excluding carboxylic acids is 1. The molecule has 0 saturated carbocycles. The number of hydrogen-bond donors (Lipinski definition) is 1. The number of anilines is 1. The second kappa shape index (κ2) is 3.86. The van der Waals surface area contributed by atoms with Crippen molar-refractivity contribution in [1.29, 1.82) is 0 Å². The van der Waals surface area contributed by atoms with Gasteiger partial charge in [0.25, 0.3) is 5.91 Å². The topological polar surface area (TPSA) is 68.5 Å². The zero-order chi connectivity index (χ0) is 9.84. The van der Waals surface area contributed by atoms with Crippen LogP contribution in [0.5, 0.6) is 0 Å². The first kappa shape index (κ1) is 9.47. The Bertz CT molecular complexity index is 314. The number of nitrogens with two attached hydrogens (primary N) is 1. The first-order valence-corrected chi connectivity index (χ1v) is 3.69. The molecule has 1 aromatic heterocycles. The molecule has 1 aromatic rings. The molecule has 70 valence electrons. The number of amides is 1. The van der Waals surface area contributed by atoms with Crippen LogP contribution in [0.25, 0.3) is 0 Å². The maximum Gasteiger partial charge on any atom is 0.297 e. The molecule has 0 aliphatic heterocycles. The highest BCUT2D eigenvalue weighted by Crippen LogP contribution is 2.08. The fourth-order valence-electron chi connectivity index (χ4n) is 0.828. The van der Waals surface area contributed by atoms with Gasteiger partial charge in [-0.1, -0.05) is 0 Å². The lowest BCUT2D eigenvalue weighted by Crippen LogP contribution is -2.27. The van der Waals surface area contributed by atoms with Crippen molar-refractivity contribution in [1.82, 2.24) is 10.0 Å². The summed E-state index contributed by atoms with van der Waals surface area (Å²) >= 11 is 0. The summed E-state index contributed by atoms with van der Waals surface area (Å²) in [6, 6.07) is 3.28. The summed E-state index contributed by atoms with van der Waals surface area (Å²) in [7, 11) is 2.90. The highest BCUT2D eigenvalue weighted by atomic mass is 16.7. The number of rotatable bonds is 2. The van der Waals surface area contributed by atoms with Crippen molar-refractivity contribution >= 4 is 11.6 Å². The molecular weight excluding hydrogens is 170 g/mol. The summed E-state index contributed by atoms with van der Waals surface area (Å²) in [6.07, 6.45) is 1.51. The van der Waals surface area contributed by atoms with Crippen molar-refractivity contribution in [3.8, 4) is 0 Å². The van der Waals surface area contributed by atoms with Crippen LogP contribution in [0, 0.1) is 0 Å². The minimum Gasteiger partial charge on any atom is -0.397 e. The van der Waals surface area contributed by atoms with E-state index in [0.717, 1.165) is 5.06 Å². The van der Waals surface area contributed by atoms with Crippen molar-refractivity contribution in [3.05, 3.63) is 24.0 Å². The van der Waals surface area contributed by atoms with E-state index in [9.17, 15) is 4.79 Å². The lowest BCUT2D eigenvalue weighted by Gasteiger charge is -2.13. The van der Waals surface area contributed by atoms with Crippen LogP contribution in [0.2, 0.25) is 0 Å². The Balaban J connectivity index is 2.95. The predicted octanol–water partition coefficient (Wildman–Crippen LogP) is 0.297. The predicted molar refractivity (Wildman–Crippen MR) is 47.8 cm³/mol. The van der Waals surface area contributed by atoms with Gasteiger partial charge >= 0.3 is 0 Å². The van der Waals surface area contributed by atoms with Crippen LogP contribution in [0.15, 0.2) is 18.3 Å². The Morgan fingerprint density at radius 2 is 2.38 bits per heavy atom. The van der Waals surface area contributed by atoms with Gasteiger partial charge in [-0.15, -0.1) is 0 Å². The molecule has 1 rings (SSSR count). The van der Waals surface area contributed by atoms with Crippen LogP contribution >= 0.6 is 0 Å². The molecule has 5 nitrogen and oxygen atoms in total. The van der Waals surface area contributed by atoms with Gasteiger partial charge in [-0.2, -0.15) is 0 Å². The average molecular weight is 181 g/mol. The molecule has 0 aliphatic carbocycles. The smallest absolute Gasteiger partial charge is 0.297 e. The van der Waals surface area contributed by atoms with Crippen LogP contribution in [0.4, 0.5) is 5.69 Å². The standard InChI is InChI=1S/C8H11N3O2/c1-11(13-2)8(12)7-6(9)4-3-5-10-7/h3-5H,9H2,1-2H3. The van der Waals surface area contributed by atoms with Gasteiger partial charge in [0.1, 0.15) is 0 Å². The number of hydroxylamine groups is 2. The number of pyridine rings is 1. The van der Waals surface area contributed by atoms with E-state index in [4.69, 9.17) is 10.6 Å². The minimum absolute atomic E-state index is 0.201. The molecular formula is C8H11N3O2. The molecule has 0 spiro atoms. The zero-order valence-corrected chi connectivity index (χ0v) is 7.52. The van der Waals surface area contributed by atoms with Gasteiger partial charge in [-0.25, -0.2) is 10.0 Å².